The van der Waals surface area contributed by atoms with Crippen molar-refractivity contribution in [1.82, 2.24) is 10.3 Å². The van der Waals surface area contributed by atoms with Crippen molar-refractivity contribution in [2.24, 2.45) is 0 Å². The van der Waals surface area contributed by atoms with E-state index in [9.17, 15) is 9.59 Å². The number of amides is 1. The molecule has 15 heavy (non-hydrogen) atoms. The zero-order chi connectivity index (χ0) is 10.8. The van der Waals surface area contributed by atoms with E-state index in [1.54, 1.807) is 0 Å². The summed E-state index contributed by atoms with van der Waals surface area (Å²) in [5.74, 6) is -1.48. The number of nitrogens with one attached hydrogen (secondary N) is 1. The van der Waals surface area contributed by atoms with Crippen molar-refractivity contribution in [3.63, 3.8) is 0 Å². The summed E-state index contributed by atoms with van der Waals surface area (Å²) in [5.41, 5.74) is 1.40. The maximum atomic E-state index is 11.6. The molecule has 2 N–H and O–H groups in total. The Hall–Kier alpha value is -1.43. The van der Waals surface area contributed by atoms with E-state index in [0.717, 1.165) is 30.6 Å². The second-order valence-corrected chi connectivity index (χ2v) is 4.29. The molecule has 1 fully saturated rings. The SMILES string of the molecule is O=C(NC1CCC1)c1ncsc1C(=O)O. The van der Waals surface area contributed by atoms with Crippen LogP contribution < -0.4 is 5.32 Å². The van der Waals surface area contributed by atoms with Crippen molar-refractivity contribution in [3.8, 4) is 0 Å². The third-order valence-corrected chi connectivity index (χ3v) is 3.23. The lowest BCUT2D eigenvalue weighted by atomic mass is 9.93. The van der Waals surface area contributed by atoms with Gasteiger partial charge in [0.2, 0.25) is 0 Å². The molecule has 0 bridgehead atoms. The Morgan fingerprint density at radius 1 is 1.53 bits per heavy atom. The van der Waals surface area contributed by atoms with Crippen LogP contribution in [0.2, 0.25) is 0 Å². The molecule has 6 heteroatoms. The molecule has 1 aromatic heterocycles. The van der Waals surface area contributed by atoms with Gasteiger partial charge in [-0.15, -0.1) is 11.3 Å². The van der Waals surface area contributed by atoms with Gasteiger partial charge in [0.15, 0.2) is 5.69 Å². The monoisotopic (exact) mass is 226 g/mol. The van der Waals surface area contributed by atoms with Gasteiger partial charge in [0.1, 0.15) is 4.88 Å². The number of nitrogens with zero attached hydrogens (tertiary/aromatic N) is 1. The molecule has 0 spiro atoms. The quantitative estimate of drug-likeness (QED) is 0.809. The summed E-state index contributed by atoms with van der Waals surface area (Å²) in [6.07, 6.45) is 3.06. The molecule has 0 unspecified atom stereocenters. The maximum absolute atomic E-state index is 11.6. The summed E-state index contributed by atoms with van der Waals surface area (Å²) in [4.78, 5) is 26.1. The molecule has 1 saturated carbocycles. The average molecular weight is 226 g/mol. The lowest BCUT2D eigenvalue weighted by Gasteiger charge is -2.25. The smallest absolute Gasteiger partial charge is 0.348 e. The number of thiazole rings is 1. The van der Waals surface area contributed by atoms with Crippen LogP contribution in [0.15, 0.2) is 5.51 Å². The summed E-state index contributed by atoms with van der Waals surface area (Å²) in [7, 11) is 0. The normalized spacial score (nSPS) is 15.7. The van der Waals surface area contributed by atoms with E-state index in [1.165, 1.54) is 5.51 Å². The van der Waals surface area contributed by atoms with Crippen LogP contribution in [0.25, 0.3) is 0 Å². The molecule has 80 valence electrons. The summed E-state index contributed by atoms with van der Waals surface area (Å²) in [6.45, 7) is 0. The van der Waals surface area contributed by atoms with Crippen LogP contribution in [0.1, 0.15) is 39.4 Å². The van der Waals surface area contributed by atoms with Gasteiger partial charge in [-0.25, -0.2) is 9.78 Å². The second-order valence-electron chi connectivity index (χ2n) is 3.44. The lowest BCUT2D eigenvalue weighted by molar-refractivity contribution is 0.0694. The number of hydrogen-bond acceptors (Lipinski definition) is 4. The van der Waals surface area contributed by atoms with Crippen LogP contribution in [0.3, 0.4) is 0 Å². The van der Waals surface area contributed by atoms with Crippen molar-refractivity contribution < 1.29 is 14.7 Å². The minimum absolute atomic E-state index is 0.00632. The van der Waals surface area contributed by atoms with Gasteiger partial charge in [-0.05, 0) is 19.3 Å². The Balaban J connectivity index is 2.10. The molecule has 0 aliphatic heterocycles. The lowest BCUT2D eigenvalue weighted by Crippen LogP contribution is -2.40. The number of aromatic nitrogens is 1. The molecule has 1 aliphatic carbocycles. The minimum Gasteiger partial charge on any atom is -0.477 e. The molecule has 0 radical (unpaired) electrons. The zero-order valence-corrected chi connectivity index (χ0v) is 8.71. The Kier molecular flexibility index (Phi) is 2.68. The first kappa shape index (κ1) is 10.1. The molecule has 1 amide bonds. The Morgan fingerprint density at radius 3 is 2.80 bits per heavy atom. The molecule has 5 nitrogen and oxygen atoms in total. The van der Waals surface area contributed by atoms with Crippen molar-refractivity contribution in [3.05, 3.63) is 16.1 Å². The zero-order valence-electron chi connectivity index (χ0n) is 7.90. The fraction of sp³-hybridized carbons (Fsp3) is 0.444. The van der Waals surface area contributed by atoms with E-state index in [0.29, 0.717) is 0 Å². The first-order chi connectivity index (χ1) is 7.18. The number of carbonyl (C=O) groups excluding carboxylic acids is 1. The van der Waals surface area contributed by atoms with Crippen molar-refractivity contribution in [2.45, 2.75) is 25.3 Å². The number of hydrogen-bond donors (Lipinski definition) is 2. The number of aromatic carboxylic acids is 1. The van der Waals surface area contributed by atoms with Crippen LogP contribution in [-0.4, -0.2) is 28.0 Å². The van der Waals surface area contributed by atoms with Crippen LogP contribution >= 0.6 is 11.3 Å². The van der Waals surface area contributed by atoms with E-state index in [-0.39, 0.29) is 22.5 Å². The summed E-state index contributed by atoms with van der Waals surface area (Å²) < 4.78 is 0. The van der Waals surface area contributed by atoms with Crippen LogP contribution in [0.4, 0.5) is 0 Å². The summed E-state index contributed by atoms with van der Waals surface area (Å²) in [5, 5.41) is 11.6. The van der Waals surface area contributed by atoms with Gasteiger partial charge < -0.3 is 10.4 Å². The van der Waals surface area contributed by atoms with Crippen LogP contribution in [0.5, 0.6) is 0 Å². The van der Waals surface area contributed by atoms with Gasteiger partial charge in [-0.3, -0.25) is 4.79 Å². The van der Waals surface area contributed by atoms with E-state index in [2.05, 4.69) is 10.3 Å². The minimum atomic E-state index is -1.10. The standard InChI is InChI=1S/C9H10N2O3S/c12-8(11-5-2-1-3-5)6-7(9(13)14)15-4-10-6/h4-5H,1-3H2,(H,11,12)(H,13,14). The third kappa shape index (κ3) is 1.99. The van der Waals surface area contributed by atoms with E-state index >= 15 is 0 Å². The molecular weight excluding hydrogens is 216 g/mol. The molecule has 0 atom stereocenters. The maximum Gasteiger partial charge on any atom is 0.348 e. The number of rotatable bonds is 3. The number of carboxylic acid groups (broad SMARTS) is 1. The highest BCUT2D eigenvalue weighted by molar-refractivity contribution is 7.12. The fourth-order valence-electron chi connectivity index (χ4n) is 1.37. The van der Waals surface area contributed by atoms with Gasteiger partial charge >= 0.3 is 5.97 Å². The first-order valence-corrected chi connectivity index (χ1v) is 5.54. The molecule has 1 aliphatic rings. The largest absolute Gasteiger partial charge is 0.477 e. The Labute approximate surface area is 90.1 Å². The summed E-state index contributed by atoms with van der Waals surface area (Å²) in [6, 6.07) is 0.195. The number of carbonyl (C=O) groups is 2. The molecule has 1 aromatic rings. The van der Waals surface area contributed by atoms with E-state index in [1.807, 2.05) is 0 Å². The van der Waals surface area contributed by atoms with E-state index in [4.69, 9.17) is 5.11 Å². The number of carboxylic acids is 1. The van der Waals surface area contributed by atoms with Crippen molar-refractivity contribution in [1.29, 1.82) is 0 Å². The molecule has 0 aromatic carbocycles. The topological polar surface area (TPSA) is 79.3 Å². The van der Waals surface area contributed by atoms with Gasteiger partial charge in [0.05, 0.1) is 5.51 Å². The predicted octanol–water partition coefficient (Wildman–Crippen LogP) is 1.12. The first-order valence-electron chi connectivity index (χ1n) is 4.66. The molecule has 0 saturated heterocycles. The fourth-order valence-corrected chi connectivity index (χ4v) is 1.99. The van der Waals surface area contributed by atoms with Crippen molar-refractivity contribution >= 4 is 23.2 Å². The second kappa shape index (κ2) is 3.98. The molecule has 1 heterocycles. The van der Waals surface area contributed by atoms with Gasteiger partial charge in [0, 0.05) is 6.04 Å². The predicted molar refractivity (Wildman–Crippen MR) is 54.2 cm³/mol. The van der Waals surface area contributed by atoms with Gasteiger partial charge in [-0.1, -0.05) is 0 Å². The highest BCUT2D eigenvalue weighted by atomic mass is 32.1. The van der Waals surface area contributed by atoms with Crippen LogP contribution in [0, 0.1) is 0 Å². The third-order valence-electron chi connectivity index (χ3n) is 2.42. The van der Waals surface area contributed by atoms with E-state index < -0.39 is 5.97 Å². The van der Waals surface area contributed by atoms with Crippen LogP contribution in [-0.2, 0) is 0 Å². The highest BCUT2D eigenvalue weighted by Gasteiger charge is 2.24. The average Bonchev–Trinajstić information content (AvgIpc) is 2.59. The molecule has 2 rings (SSSR count). The Bertz CT molecular complexity index is 398. The van der Waals surface area contributed by atoms with Gasteiger partial charge in [0.25, 0.3) is 5.91 Å². The summed E-state index contributed by atoms with van der Waals surface area (Å²) >= 11 is 0.967. The van der Waals surface area contributed by atoms with Gasteiger partial charge in [-0.2, -0.15) is 0 Å². The molecular formula is C9H10N2O3S. The van der Waals surface area contributed by atoms with Crippen molar-refractivity contribution in [2.75, 3.05) is 0 Å². The Morgan fingerprint density at radius 2 is 2.27 bits per heavy atom. The highest BCUT2D eigenvalue weighted by Crippen LogP contribution is 2.19.